The fraction of sp³-hybridized carbons (Fsp3) is 0.500. The van der Waals surface area contributed by atoms with Gasteiger partial charge in [0.25, 0.3) is 0 Å². The topological polar surface area (TPSA) is 0 Å². The molecule has 0 heterocycles. The van der Waals surface area contributed by atoms with Crippen LogP contribution >= 0.6 is 0 Å². The van der Waals surface area contributed by atoms with Gasteiger partial charge < -0.3 is 12.4 Å². The summed E-state index contributed by atoms with van der Waals surface area (Å²) < 4.78 is 0. The van der Waals surface area contributed by atoms with E-state index < -0.39 is 0 Å². The molecule has 0 radical (unpaired) electrons. The summed E-state index contributed by atoms with van der Waals surface area (Å²) in [4.78, 5) is 0. The Bertz CT molecular complexity index is 208. The van der Waals surface area contributed by atoms with Gasteiger partial charge in [0.15, 0.2) is 0 Å². The van der Waals surface area contributed by atoms with Crippen LogP contribution in [0.2, 0.25) is 0 Å². The van der Waals surface area contributed by atoms with Crippen LogP contribution in [0.15, 0.2) is 48.6 Å². The summed E-state index contributed by atoms with van der Waals surface area (Å²) in [7, 11) is 0. The molecule has 0 amide bonds. The molecule has 0 spiro atoms. The second-order valence-electron chi connectivity index (χ2n) is 4.28. The largest absolute Gasteiger partial charge is 1.00 e. The molecule has 0 aliphatic heterocycles. The molecule has 0 atom stereocenters. The second-order valence-corrected chi connectivity index (χ2v) is 4.28. The summed E-state index contributed by atoms with van der Waals surface area (Å²) in [5.41, 5.74) is 0. The summed E-state index contributed by atoms with van der Waals surface area (Å²) in [5.74, 6) is 0. The summed E-state index contributed by atoms with van der Waals surface area (Å²) in [6.07, 6.45) is 28.0. The third kappa shape index (κ3) is 13.9. The van der Waals surface area contributed by atoms with Crippen LogP contribution in [-0.2, 0) is 19.5 Å². The van der Waals surface area contributed by atoms with Crippen molar-refractivity contribution in [2.24, 2.45) is 0 Å². The Kier molecular flexibility index (Phi) is 18.9. The predicted octanol–water partition coefficient (Wildman–Crippen LogP) is 2.35. The molecule has 2 rings (SSSR count). The molecule has 0 aromatic carbocycles. The molecule has 0 fully saturated rings. The van der Waals surface area contributed by atoms with E-state index in [0.29, 0.717) is 0 Å². The second kappa shape index (κ2) is 16.9. The fourth-order valence-electron chi connectivity index (χ4n) is 1.75. The Morgan fingerprint density at radius 3 is 0.889 bits per heavy atom. The van der Waals surface area contributed by atoms with E-state index in [9.17, 15) is 0 Å². The first-order chi connectivity index (χ1) is 8.00. The molecule has 2 heteroatoms. The van der Waals surface area contributed by atoms with Gasteiger partial charge in [0.05, 0.1) is 0 Å². The smallest absolute Gasteiger partial charge is 1.00 e. The average Bonchev–Trinajstić information content (AvgIpc) is 2.15. The predicted molar refractivity (Wildman–Crippen MR) is 73.5 cm³/mol. The van der Waals surface area contributed by atoms with Crippen LogP contribution in [0.1, 0.15) is 51.4 Å². The average molecular weight is 355 g/mol. The fourth-order valence-corrected chi connectivity index (χ4v) is 1.75. The number of rotatable bonds is 0. The first kappa shape index (κ1) is 20.2. The van der Waals surface area contributed by atoms with Gasteiger partial charge in [-0.2, -0.15) is 0 Å². The quantitative estimate of drug-likeness (QED) is 0.586. The first-order valence-electron chi connectivity index (χ1n) is 6.63. The minimum atomic E-state index is 0. The Morgan fingerprint density at radius 2 is 0.667 bits per heavy atom. The van der Waals surface area contributed by atoms with Gasteiger partial charge in [0.1, 0.15) is 0 Å². The van der Waals surface area contributed by atoms with E-state index in [-0.39, 0.29) is 31.9 Å². The first-order valence-corrected chi connectivity index (χ1v) is 6.63. The van der Waals surface area contributed by atoms with Crippen molar-refractivity contribution in [3.05, 3.63) is 48.6 Å². The van der Waals surface area contributed by atoms with E-state index in [4.69, 9.17) is 0 Å². The maximum atomic E-state index is 2.23. The maximum absolute atomic E-state index is 2.23. The van der Waals surface area contributed by atoms with E-state index in [0.717, 1.165) is 0 Å². The molecule has 0 N–H and O–H groups in total. The van der Waals surface area contributed by atoms with Crippen molar-refractivity contribution in [3.8, 4) is 0 Å². The summed E-state index contributed by atoms with van der Waals surface area (Å²) in [6, 6.07) is 0. The maximum Gasteiger partial charge on any atom is 1.00 e. The van der Waals surface area contributed by atoms with Crippen molar-refractivity contribution in [2.45, 2.75) is 51.4 Å². The number of hydrogen-bond donors (Lipinski definition) is 0. The molecule has 0 unspecified atom stereocenters. The Morgan fingerprint density at radius 1 is 0.444 bits per heavy atom. The van der Waals surface area contributed by atoms with Gasteiger partial charge in [-0.3, -0.25) is 0 Å². The van der Waals surface area contributed by atoms with E-state index in [1.165, 1.54) is 51.4 Å². The third-order valence-corrected chi connectivity index (χ3v) is 2.75. The Hall–Kier alpha value is -0.127. The van der Waals surface area contributed by atoms with Crippen LogP contribution in [0, 0.1) is 0 Å². The van der Waals surface area contributed by atoms with Crippen LogP contribution < -0.4 is 12.4 Å². The Labute approximate surface area is 131 Å². The molecule has 104 valence electrons. The van der Waals surface area contributed by atoms with Crippen LogP contribution in [0.25, 0.3) is 0 Å². The summed E-state index contributed by atoms with van der Waals surface area (Å²) in [5, 5.41) is 0. The standard InChI is InChI=1S/2C8H12.ClH.Rh/c2*1-2-4-6-8-7-5-3-1;;/h2*1-4H,5-8H2;1H;/q;;;+1/p-1/b2*3-1-,4-2-;;. The molecule has 0 bridgehead atoms. The van der Waals surface area contributed by atoms with E-state index in [1.807, 2.05) is 0 Å². The van der Waals surface area contributed by atoms with Crippen molar-refractivity contribution < 1.29 is 31.9 Å². The van der Waals surface area contributed by atoms with Crippen LogP contribution in [0.4, 0.5) is 0 Å². The zero-order chi connectivity index (χ0) is 11.3. The minimum absolute atomic E-state index is 0. The molecule has 18 heavy (non-hydrogen) atoms. The van der Waals surface area contributed by atoms with Crippen LogP contribution in [0.3, 0.4) is 0 Å². The zero-order valence-corrected chi connectivity index (χ0v) is 13.4. The summed E-state index contributed by atoms with van der Waals surface area (Å²) in [6.45, 7) is 0. The van der Waals surface area contributed by atoms with Gasteiger partial charge in [-0.25, -0.2) is 0 Å². The van der Waals surface area contributed by atoms with E-state index >= 15 is 0 Å². The molecule has 0 nitrogen and oxygen atoms in total. The molecule has 0 saturated heterocycles. The van der Waals surface area contributed by atoms with Crippen molar-refractivity contribution in [1.29, 1.82) is 0 Å². The number of halogens is 1. The van der Waals surface area contributed by atoms with Crippen molar-refractivity contribution >= 4 is 0 Å². The van der Waals surface area contributed by atoms with Crippen LogP contribution in [-0.4, -0.2) is 0 Å². The van der Waals surface area contributed by atoms with Crippen molar-refractivity contribution in [3.63, 3.8) is 0 Å². The SMILES string of the molecule is C1=C\CCCC\C=C/1.C1=C\CCCC\C=C/1.[Cl-].[Rh+]. The van der Waals surface area contributed by atoms with Gasteiger partial charge in [-0.15, -0.1) is 0 Å². The normalized spacial score (nSPS) is 24.9. The van der Waals surface area contributed by atoms with E-state index in [2.05, 4.69) is 48.6 Å². The monoisotopic (exact) mass is 354 g/mol. The molecule has 2 aliphatic carbocycles. The van der Waals surface area contributed by atoms with Crippen LogP contribution in [0.5, 0.6) is 0 Å². The molecular weight excluding hydrogens is 331 g/mol. The molecule has 0 aromatic heterocycles. The molecular formula is C16H24ClRh. The number of allylic oxidation sites excluding steroid dienone is 8. The van der Waals surface area contributed by atoms with Gasteiger partial charge in [-0.1, -0.05) is 48.6 Å². The van der Waals surface area contributed by atoms with Crippen molar-refractivity contribution in [2.75, 3.05) is 0 Å². The van der Waals surface area contributed by atoms with Gasteiger partial charge in [0.2, 0.25) is 0 Å². The molecule has 0 saturated carbocycles. The Balaban J connectivity index is 0. The molecule has 2 aliphatic rings. The van der Waals surface area contributed by atoms with Crippen molar-refractivity contribution in [1.82, 2.24) is 0 Å². The van der Waals surface area contributed by atoms with Gasteiger partial charge in [-0.05, 0) is 51.4 Å². The summed E-state index contributed by atoms with van der Waals surface area (Å²) >= 11 is 0. The van der Waals surface area contributed by atoms with Gasteiger partial charge >= 0.3 is 19.5 Å². The van der Waals surface area contributed by atoms with E-state index in [1.54, 1.807) is 0 Å². The number of hydrogen-bond acceptors (Lipinski definition) is 0. The van der Waals surface area contributed by atoms with Gasteiger partial charge in [0, 0.05) is 0 Å². The molecule has 0 aromatic rings. The zero-order valence-electron chi connectivity index (χ0n) is 11.0. The minimum Gasteiger partial charge on any atom is -1.00 e. The third-order valence-electron chi connectivity index (χ3n) is 2.75.